The summed E-state index contributed by atoms with van der Waals surface area (Å²) in [5.74, 6) is 0.0328. The number of amides is 2. The SMILES string of the molecule is O=C(CCC(=O)N1CCCCCC1)NCC1(CO)CCC1. The maximum Gasteiger partial charge on any atom is 0.223 e. The number of nitrogens with zero attached hydrogens (tertiary/aromatic N) is 1. The van der Waals surface area contributed by atoms with Gasteiger partial charge < -0.3 is 15.3 Å². The lowest BCUT2D eigenvalue weighted by Crippen LogP contribution is -2.44. The van der Waals surface area contributed by atoms with E-state index < -0.39 is 0 Å². The molecule has 5 nitrogen and oxygen atoms in total. The van der Waals surface area contributed by atoms with Crippen LogP contribution in [0.1, 0.15) is 57.8 Å². The molecule has 1 heterocycles. The van der Waals surface area contributed by atoms with Crippen LogP contribution in [0.25, 0.3) is 0 Å². The van der Waals surface area contributed by atoms with Crippen molar-refractivity contribution in [3.05, 3.63) is 0 Å². The van der Waals surface area contributed by atoms with Crippen LogP contribution in [-0.2, 0) is 9.59 Å². The van der Waals surface area contributed by atoms with Gasteiger partial charge in [-0.2, -0.15) is 0 Å². The van der Waals surface area contributed by atoms with Crippen molar-refractivity contribution >= 4 is 11.8 Å². The number of aliphatic hydroxyl groups is 1. The molecule has 2 N–H and O–H groups in total. The molecule has 2 aliphatic rings. The largest absolute Gasteiger partial charge is 0.396 e. The van der Waals surface area contributed by atoms with Gasteiger partial charge in [-0.05, 0) is 25.7 Å². The monoisotopic (exact) mass is 296 g/mol. The van der Waals surface area contributed by atoms with E-state index in [1.807, 2.05) is 4.90 Å². The third-order valence-electron chi connectivity index (χ3n) is 4.93. The molecule has 0 radical (unpaired) electrons. The van der Waals surface area contributed by atoms with E-state index in [0.29, 0.717) is 13.0 Å². The molecule has 0 aromatic carbocycles. The van der Waals surface area contributed by atoms with Gasteiger partial charge in [0.25, 0.3) is 0 Å². The molecular formula is C16H28N2O3. The Morgan fingerprint density at radius 2 is 1.67 bits per heavy atom. The highest BCUT2D eigenvalue weighted by atomic mass is 16.3. The molecule has 0 bridgehead atoms. The summed E-state index contributed by atoms with van der Waals surface area (Å²) in [6, 6.07) is 0. The van der Waals surface area contributed by atoms with Crippen LogP contribution in [0.3, 0.4) is 0 Å². The average molecular weight is 296 g/mol. The fourth-order valence-corrected chi connectivity index (χ4v) is 3.14. The quantitative estimate of drug-likeness (QED) is 0.779. The summed E-state index contributed by atoms with van der Waals surface area (Å²) in [7, 11) is 0. The standard InChI is InChI=1S/C16H28N2O3/c19-13-16(8-5-9-16)12-17-14(20)6-7-15(21)18-10-3-1-2-4-11-18/h19H,1-13H2,(H,17,20). The van der Waals surface area contributed by atoms with Crippen molar-refractivity contribution in [3.63, 3.8) is 0 Å². The second-order valence-electron chi connectivity index (χ2n) is 6.58. The first-order valence-corrected chi connectivity index (χ1v) is 8.31. The summed E-state index contributed by atoms with van der Waals surface area (Å²) in [4.78, 5) is 25.8. The molecule has 0 unspecified atom stereocenters. The van der Waals surface area contributed by atoms with E-state index in [-0.39, 0.29) is 30.3 Å². The number of aliphatic hydroxyl groups excluding tert-OH is 1. The van der Waals surface area contributed by atoms with Crippen LogP contribution in [-0.4, -0.2) is 48.1 Å². The van der Waals surface area contributed by atoms with Crippen molar-refractivity contribution < 1.29 is 14.7 Å². The van der Waals surface area contributed by atoms with E-state index >= 15 is 0 Å². The van der Waals surface area contributed by atoms with Gasteiger partial charge in [0.05, 0.1) is 6.61 Å². The third kappa shape index (κ3) is 4.70. The van der Waals surface area contributed by atoms with Crippen LogP contribution in [0, 0.1) is 5.41 Å². The molecule has 2 fully saturated rings. The second kappa shape index (κ2) is 7.78. The van der Waals surface area contributed by atoms with Gasteiger partial charge in [0.2, 0.25) is 11.8 Å². The molecule has 1 saturated heterocycles. The van der Waals surface area contributed by atoms with Gasteiger partial charge >= 0.3 is 0 Å². The Morgan fingerprint density at radius 1 is 1.00 bits per heavy atom. The van der Waals surface area contributed by atoms with Gasteiger partial charge in [-0.1, -0.05) is 19.3 Å². The number of hydrogen-bond donors (Lipinski definition) is 2. The Morgan fingerprint density at radius 3 is 2.19 bits per heavy atom. The van der Waals surface area contributed by atoms with Gasteiger partial charge in [0.1, 0.15) is 0 Å². The number of rotatable bonds is 6. The van der Waals surface area contributed by atoms with E-state index in [4.69, 9.17) is 0 Å². The predicted molar refractivity (Wildman–Crippen MR) is 80.7 cm³/mol. The first-order valence-electron chi connectivity index (χ1n) is 8.31. The van der Waals surface area contributed by atoms with Crippen LogP contribution in [0.4, 0.5) is 0 Å². The van der Waals surface area contributed by atoms with Gasteiger partial charge in [-0.15, -0.1) is 0 Å². The summed E-state index contributed by atoms with van der Waals surface area (Å²) >= 11 is 0. The van der Waals surface area contributed by atoms with Crippen molar-refractivity contribution in [2.45, 2.75) is 57.8 Å². The Kier molecular flexibility index (Phi) is 6.03. The lowest BCUT2D eigenvalue weighted by atomic mass is 9.69. The van der Waals surface area contributed by atoms with Crippen LogP contribution < -0.4 is 5.32 Å². The highest BCUT2D eigenvalue weighted by Gasteiger charge is 2.36. The molecule has 5 heteroatoms. The molecule has 1 aliphatic carbocycles. The summed E-state index contributed by atoms with van der Waals surface area (Å²) in [6.07, 6.45) is 8.22. The van der Waals surface area contributed by atoms with Gasteiger partial charge in [-0.3, -0.25) is 9.59 Å². The Hall–Kier alpha value is -1.10. The van der Waals surface area contributed by atoms with E-state index in [0.717, 1.165) is 45.2 Å². The molecule has 0 aromatic rings. The molecule has 2 rings (SSSR count). The maximum absolute atomic E-state index is 12.1. The third-order valence-corrected chi connectivity index (χ3v) is 4.93. The van der Waals surface area contributed by atoms with Crippen LogP contribution in [0.5, 0.6) is 0 Å². The normalized spacial score (nSPS) is 21.3. The number of nitrogens with one attached hydrogen (secondary N) is 1. The zero-order valence-electron chi connectivity index (χ0n) is 12.9. The van der Waals surface area contributed by atoms with E-state index in [1.165, 1.54) is 12.8 Å². The highest BCUT2D eigenvalue weighted by molar-refractivity contribution is 5.83. The summed E-state index contributed by atoms with van der Waals surface area (Å²) in [5, 5.41) is 12.2. The molecule has 0 atom stereocenters. The van der Waals surface area contributed by atoms with Crippen LogP contribution in [0.2, 0.25) is 0 Å². The Bertz CT molecular complexity index is 353. The van der Waals surface area contributed by atoms with Crippen molar-refractivity contribution in [2.75, 3.05) is 26.2 Å². The number of carbonyl (C=O) groups excluding carboxylic acids is 2. The topological polar surface area (TPSA) is 69.6 Å². The first-order chi connectivity index (χ1) is 10.2. The number of hydrogen-bond acceptors (Lipinski definition) is 3. The Labute approximate surface area is 127 Å². The van der Waals surface area contributed by atoms with Crippen molar-refractivity contribution in [1.82, 2.24) is 10.2 Å². The minimum Gasteiger partial charge on any atom is -0.396 e. The lowest BCUT2D eigenvalue weighted by molar-refractivity contribution is -0.133. The summed E-state index contributed by atoms with van der Waals surface area (Å²) < 4.78 is 0. The molecule has 21 heavy (non-hydrogen) atoms. The lowest BCUT2D eigenvalue weighted by Gasteiger charge is -2.40. The maximum atomic E-state index is 12.1. The van der Waals surface area contributed by atoms with Crippen LogP contribution >= 0.6 is 0 Å². The van der Waals surface area contributed by atoms with Crippen molar-refractivity contribution in [2.24, 2.45) is 5.41 Å². The molecule has 2 amide bonds. The Balaban J connectivity index is 1.64. The summed E-state index contributed by atoms with van der Waals surface area (Å²) in [6.45, 7) is 2.36. The fraction of sp³-hybridized carbons (Fsp3) is 0.875. The van der Waals surface area contributed by atoms with E-state index in [2.05, 4.69) is 5.32 Å². The minimum atomic E-state index is -0.0928. The number of likely N-dealkylation sites (tertiary alicyclic amines) is 1. The van der Waals surface area contributed by atoms with Gasteiger partial charge in [0.15, 0.2) is 0 Å². The molecule has 120 valence electrons. The second-order valence-corrected chi connectivity index (χ2v) is 6.58. The smallest absolute Gasteiger partial charge is 0.223 e. The highest BCUT2D eigenvalue weighted by Crippen LogP contribution is 2.39. The first kappa shape index (κ1) is 16.3. The van der Waals surface area contributed by atoms with Crippen molar-refractivity contribution in [3.8, 4) is 0 Å². The minimum absolute atomic E-state index is 0.0714. The van der Waals surface area contributed by atoms with Gasteiger partial charge in [0, 0.05) is 37.9 Å². The average Bonchev–Trinajstić information content (AvgIpc) is 2.73. The van der Waals surface area contributed by atoms with Gasteiger partial charge in [-0.25, -0.2) is 0 Å². The van der Waals surface area contributed by atoms with E-state index in [9.17, 15) is 14.7 Å². The fourth-order valence-electron chi connectivity index (χ4n) is 3.14. The zero-order chi connectivity index (χ0) is 15.1. The number of carbonyl (C=O) groups is 2. The van der Waals surface area contributed by atoms with Crippen LogP contribution in [0.15, 0.2) is 0 Å². The molecule has 0 spiro atoms. The van der Waals surface area contributed by atoms with Crippen molar-refractivity contribution in [1.29, 1.82) is 0 Å². The molecule has 0 aromatic heterocycles. The molecular weight excluding hydrogens is 268 g/mol. The van der Waals surface area contributed by atoms with E-state index in [1.54, 1.807) is 0 Å². The zero-order valence-corrected chi connectivity index (χ0v) is 12.9. The molecule has 1 aliphatic heterocycles. The molecule has 1 saturated carbocycles. The summed E-state index contributed by atoms with van der Waals surface area (Å²) in [5.41, 5.74) is -0.0928. The predicted octanol–water partition coefficient (Wildman–Crippen LogP) is 1.45.